The molecule has 0 saturated heterocycles. The maximum atomic E-state index is 6.48. The van der Waals surface area contributed by atoms with Gasteiger partial charge in [0.25, 0.3) is 0 Å². The van der Waals surface area contributed by atoms with E-state index in [1.807, 2.05) is 6.20 Å². The zero-order valence-electron chi connectivity index (χ0n) is 11.8. The lowest BCUT2D eigenvalue weighted by Gasteiger charge is -2.29. The molecule has 0 saturated carbocycles. The van der Waals surface area contributed by atoms with Crippen molar-refractivity contribution >= 4 is 11.6 Å². The molecule has 1 aliphatic rings. The van der Waals surface area contributed by atoms with Gasteiger partial charge >= 0.3 is 0 Å². The second-order valence-corrected chi connectivity index (χ2v) is 5.70. The number of pyridine rings is 1. The maximum Gasteiger partial charge on any atom is 0.0591 e. The lowest BCUT2D eigenvalue weighted by atomic mass is 10.0. The highest BCUT2D eigenvalue weighted by molar-refractivity contribution is 6.32. The van der Waals surface area contributed by atoms with Crippen LogP contribution >= 0.6 is 11.6 Å². The number of hydrogen-bond acceptors (Lipinski definition) is 2. The molecular formula is C17H19ClN2. The van der Waals surface area contributed by atoms with Crippen molar-refractivity contribution in [3.05, 3.63) is 63.9 Å². The van der Waals surface area contributed by atoms with Crippen molar-refractivity contribution in [2.75, 3.05) is 6.54 Å². The fourth-order valence-electron chi connectivity index (χ4n) is 2.79. The fraction of sp³-hybridized carbons (Fsp3) is 0.353. The Morgan fingerprint density at radius 3 is 2.80 bits per heavy atom. The SMILES string of the molecule is CCc1cnc2c(c1Cl)CCN(Cc1ccccc1)C2. The van der Waals surface area contributed by atoms with Crippen LogP contribution in [0.3, 0.4) is 0 Å². The molecule has 1 aromatic carbocycles. The van der Waals surface area contributed by atoms with Crippen molar-refractivity contribution in [1.82, 2.24) is 9.88 Å². The molecular weight excluding hydrogens is 268 g/mol. The number of aryl methyl sites for hydroxylation is 1. The van der Waals surface area contributed by atoms with Crippen molar-refractivity contribution in [3.8, 4) is 0 Å². The quantitative estimate of drug-likeness (QED) is 0.852. The van der Waals surface area contributed by atoms with Crippen LogP contribution in [0.15, 0.2) is 36.5 Å². The largest absolute Gasteiger partial charge is 0.293 e. The fourth-order valence-corrected chi connectivity index (χ4v) is 3.17. The van der Waals surface area contributed by atoms with Gasteiger partial charge in [-0.25, -0.2) is 0 Å². The molecule has 2 aromatic rings. The number of benzene rings is 1. The molecule has 3 rings (SSSR count). The van der Waals surface area contributed by atoms with E-state index < -0.39 is 0 Å². The minimum absolute atomic E-state index is 0.897. The highest BCUT2D eigenvalue weighted by atomic mass is 35.5. The second-order valence-electron chi connectivity index (χ2n) is 5.32. The Labute approximate surface area is 125 Å². The van der Waals surface area contributed by atoms with Crippen molar-refractivity contribution in [3.63, 3.8) is 0 Å². The summed E-state index contributed by atoms with van der Waals surface area (Å²) in [6, 6.07) is 10.6. The summed E-state index contributed by atoms with van der Waals surface area (Å²) in [6.45, 7) is 5.05. The smallest absolute Gasteiger partial charge is 0.0591 e. The van der Waals surface area contributed by atoms with Gasteiger partial charge in [0.2, 0.25) is 0 Å². The first-order valence-corrected chi connectivity index (χ1v) is 7.57. The monoisotopic (exact) mass is 286 g/mol. The van der Waals surface area contributed by atoms with Crippen LogP contribution in [-0.2, 0) is 25.9 Å². The van der Waals surface area contributed by atoms with E-state index in [0.717, 1.165) is 43.2 Å². The van der Waals surface area contributed by atoms with Crippen LogP contribution in [-0.4, -0.2) is 16.4 Å². The van der Waals surface area contributed by atoms with E-state index in [2.05, 4.69) is 47.1 Å². The van der Waals surface area contributed by atoms with Gasteiger partial charge in [0.15, 0.2) is 0 Å². The third kappa shape index (κ3) is 2.72. The molecule has 2 nitrogen and oxygen atoms in total. The van der Waals surface area contributed by atoms with E-state index in [-0.39, 0.29) is 0 Å². The Morgan fingerprint density at radius 1 is 1.25 bits per heavy atom. The summed E-state index contributed by atoms with van der Waals surface area (Å²) >= 11 is 6.48. The first-order valence-electron chi connectivity index (χ1n) is 7.19. The van der Waals surface area contributed by atoms with E-state index in [1.165, 1.54) is 16.7 Å². The molecule has 0 radical (unpaired) electrons. The molecule has 0 N–H and O–H groups in total. The topological polar surface area (TPSA) is 16.1 Å². The molecule has 0 spiro atoms. The molecule has 0 atom stereocenters. The number of nitrogens with zero attached hydrogens (tertiary/aromatic N) is 2. The van der Waals surface area contributed by atoms with Crippen LogP contribution in [0.1, 0.15) is 29.3 Å². The minimum atomic E-state index is 0.897. The van der Waals surface area contributed by atoms with Crippen LogP contribution in [0.2, 0.25) is 5.02 Å². The zero-order valence-corrected chi connectivity index (χ0v) is 12.5. The number of fused-ring (bicyclic) bond motifs is 1. The lowest BCUT2D eigenvalue weighted by molar-refractivity contribution is 0.241. The average Bonchev–Trinajstić information content (AvgIpc) is 2.49. The third-order valence-electron chi connectivity index (χ3n) is 3.95. The normalized spacial score (nSPS) is 15.1. The molecule has 3 heteroatoms. The average molecular weight is 287 g/mol. The van der Waals surface area contributed by atoms with Crippen LogP contribution < -0.4 is 0 Å². The molecule has 20 heavy (non-hydrogen) atoms. The van der Waals surface area contributed by atoms with E-state index in [4.69, 9.17) is 11.6 Å². The van der Waals surface area contributed by atoms with Crippen molar-refractivity contribution < 1.29 is 0 Å². The first-order chi connectivity index (χ1) is 9.78. The third-order valence-corrected chi connectivity index (χ3v) is 4.42. The van der Waals surface area contributed by atoms with Gasteiger partial charge < -0.3 is 0 Å². The van der Waals surface area contributed by atoms with E-state index >= 15 is 0 Å². The first kappa shape index (κ1) is 13.6. The summed E-state index contributed by atoms with van der Waals surface area (Å²) < 4.78 is 0. The van der Waals surface area contributed by atoms with E-state index in [0.29, 0.717) is 0 Å². The molecule has 0 fully saturated rings. The van der Waals surface area contributed by atoms with Gasteiger partial charge in [-0.15, -0.1) is 0 Å². The molecule has 104 valence electrons. The van der Waals surface area contributed by atoms with Gasteiger partial charge in [0.1, 0.15) is 0 Å². The van der Waals surface area contributed by atoms with Gasteiger partial charge in [-0.05, 0) is 29.5 Å². The summed E-state index contributed by atoms with van der Waals surface area (Å²) in [4.78, 5) is 7.05. The Hall–Kier alpha value is -1.38. The molecule has 0 unspecified atom stereocenters. The number of aromatic nitrogens is 1. The molecule has 2 heterocycles. The summed E-state index contributed by atoms with van der Waals surface area (Å²) in [5.74, 6) is 0. The van der Waals surface area contributed by atoms with Crippen molar-refractivity contribution in [2.45, 2.75) is 32.9 Å². The Morgan fingerprint density at radius 2 is 2.05 bits per heavy atom. The molecule has 1 aliphatic heterocycles. The summed E-state index contributed by atoms with van der Waals surface area (Å²) in [5.41, 5.74) is 4.93. The molecule has 1 aromatic heterocycles. The lowest BCUT2D eigenvalue weighted by Crippen LogP contribution is -2.31. The molecule has 0 amide bonds. The summed E-state index contributed by atoms with van der Waals surface area (Å²) in [5, 5.41) is 0.942. The predicted molar refractivity (Wildman–Crippen MR) is 82.9 cm³/mol. The van der Waals surface area contributed by atoms with Crippen LogP contribution in [0.25, 0.3) is 0 Å². The Balaban J connectivity index is 1.77. The number of hydrogen-bond donors (Lipinski definition) is 0. The second kappa shape index (κ2) is 5.94. The van der Waals surface area contributed by atoms with Crippen LogP contribution in [0.5, 0.6) is 0 Å². The van der Waals surface area contributed by atoms with Crippen molar-refractivity contribution in [1.29, 1.82) is 0 Å². The highest BCUT2D eigenvalue weighted by Gasteiger charge is 2.20. The van der Waals surface area contributed by atoms with Gasteiger partial charge in [0.05, 0.1) is 10.7 Å². The van der Waals surface area contributed by atoms with Crippen LogP contribution in [0, 0.1) is 0 Å². The van der Waals surface area contributed by atoms with Crippen LogP contribution in [0.4, 0.5) is 0 Å². The van der Waals surface area contributed by atoms with E-state index in [9.17, 15) is 0 Å². The van der Waals surface area contributed by atoms with Gasteiger partial charge in [-0.1, -0.05) is 48.9 Å². The van der Waals surface area contributed by atoms with E-state index in [1.54, 1.807) is 0 Å². The van der Waals surface area contributed by atoms with Gasteiger partial charge in [-0.2, -0.15) is 0 Å². The van der Waals surface area contributed by atoms with Crippen molar-refractivity contribution in [2.24, 2.45) is 0 Å². The highest BCUT2D eigenvalue weighted by Crippen LogP contribution is 2.28. The Kier molecular flexibility index (Phi) is 4.04. The standard InChI is InChI=1S/C17H19ClN2/c1-2-14-10-19-16-12-20(9-8-15(16)17(14)18)11-13-6-4-3-5-7-13/h3-7,10H,2,8-9,11-12H2,1H3. The number of rotatable bonds is 3. The number of halogens is 1. The molecule has 0 aliphatic carbocycles. The Bertz CT molecular complexity index is 595. The maximum absolute atomic E-state index is 6.48. The zero-order chi connectivity index (χ0) is 13.9. The summed E-state index contributed by atoms with van der Waals surface area (Å²) in [6.07, 6.45) is 3.89. The van der Waals surface area contributed by atoms with Gasteiger partial charge in [-0.3, -0.25) is 9.88 Å². The van der Waals surface area contributed by atoms with Gasteiger partial charge in [0, 0.05) is 25.8 Å². The molecule has 0 bridgehead atoms. The summed E-state index contributed by atoms with van der Waals surface area (Å²) in [7, 11) is 0. The predicted octanol–water partition coefficient (Wildman–Crippen LogP) is 3.86. The minimum Gasteiger partial charge on any atom is -0.293 e.